The molecule has 0 aromatic rings. The molecule has 0 aliphatic heterocycles. The zero-order chi connectivity index (χ0) is 35.6. The minimum atomic E-state index is -1.19. The van der Waals surface area contributed by atoms with Gasteiger partial charge in [-0.1, -0.05) is 141 Å². The fourth-order valence-corrected chi connectivity index (χ4v) is 6.37. The molecule has 48 heavy (non-hydrogen) atoms. The molecule has 0 fully saturated rings. The molecule has 280 valence electrons. The van der Waals surface area contributed by atoms with Gasteiger partial charge in [-0.25, -0.2) is 0 Å². The molecule has 0 saturated heterocycles. The standard InChI is InChI=1S/C43H79NO4/c1-5-7-9-11-13-15-17-19-21-23-25-27-29-31-33-35-40(45)39(37-38-43(3,44)42(47)48-4)41(46)36-34-32-30-28-26-24-22-20-18-16-14-12-10-8-6-2/h19-22,39H,5-18,23-38,44H2,1-4H3/b21-19-,22-20-. The van der Waals surface area contributed by atoms with Crippen molar-refractivity contribution in [3.05, 3.63) is 24.3 Å². The van der Waals surface area contributed by atoms with Gasteiger partial charge in [-0.05, 0) is 84.0 Å². The molecule has 0 aliphatic carbocycles. The predicted octanol–water partition coefficient (Wildman–Crippen LogP) is 12.5. The molecule has 2 N–H and O–H groups in total. The van der Waals surface area contributed by atoms with Gasteiger partial charge in [-0.3, -0.25) is 14.4 Å². The lowest BCUT2D eigenvalue weighted by molar-refractivity contribution is -0.147. The van der Waals surface area contributed by atoms with Gasteiger partial charge in [0.1, 0.15) is 17.1 Å². The van der Waals surface area contributed by atoms with Crippen molar-refractivity contribution in [1.29, 1.82) is 0 Å². The van der Waals surface area contributed by atoms with E-state index in [2.05, 4.69) is 38.2 Å². The molecule has 0 saturated carbocycles. The maximum absolute atomic E-state index is 13.2. The van der Waals surface area contributed by atoms with Crippen molar-refractivity contribution >= 4 is 17.5 Å². The molecule has 0 radical (unpaired) electrons. The van der Waals surface area contributed by atoms with Gasteiger partial charge in [0.15, 0.2) is 0 Å². The first-order valence-corrected chi connectivity index (χ1v) is 20.5. The van der Waals surface area contributed by atoms with E-state index in [1.165, 1.54) is 123 Å². The summed E-state index contributed by atoms with van der Waals surface area (Å²) >= 11 is 0. The van der Waals surface area contributed by atoms with Crippen molar-refractivity contribution in [1.82, 2.24) is 0 Å². The Labute approximate surface area is 298 Å². The second-order valence-corrected chi connectivity index (χ2v) is 14.6. The molecule has 0 aromatic heterocycles. The lowest BCUT2D eigenvalue weighted by atomic mass is 9.84. The number of Topliss-reactive ketones (excluding diaryl/α,β-unsaturated/α-hetero) is 2. The second kappa shape index (κ2) is 33.7. The maximum atomic E-state index is 13.2. The normalized spacial score (nSPS) is 13.1. The highest BCUT2D eigenvalue weighted by Gasteiger charge is 2.33. The van der Waals surface area contributed by atoms with E-state index >= 15 is 0 Å². The minimum absolute atomic E-state index is 0.0195. The molecule has 0 aliphatic rings. The van der Waals surface area contributed by atoms with Crippen LogP contribution < -0.4 is 5.73 Å². The van der Waals surface area contributed by atoms with Crippen molar-refractivity contribution in [3.8, 4) is 0 Å². The highest BCUT2D eigenvalue weighted by atomic mass is 16.5. The smallest absolute Gasteiger partial charge is 0.325 e. The van der Waals surface area contributed by atoms with E-state index in [0.29, 0.717) is 19.3 Å². The number of rotatable bonds is 36. The van der Waals surface area contributed by atoms with Crippen LogP contribution in [-0.4, -0.2) is 30.2 Å². The zero-order valence-electron chi connectivity index (χ0n) is 32.3. The van der Waals surface area contributed by atoms with E-state index in [0.717, 1.165) is 51.4 Å². The number of hydrogen-bond acceptors (Lipinski definition) is 5. The Kier molecular flexibility index (Phi) is 32.5. The molecule has 5 nitrogen and oxygen atoms in total. The number of ether oxygens (including phenoxy) is 1. The highest BCUT2D eigenvalue weighted by Crippen LogP contribution is 2.23. The van der Waals surface area contributed by atoms with E-state index < -0.39 is 17.4 Å². The Morgan fingerprint density at radius 1 is 0.542 bits per heavy atom. The van der Waals surface area contributed by atoms with Gasteiger partial charge < -0.3 is 10.5 Å². The summed E-state index contributed by atoms with van der Waals surface area (Å²) in [6, 6.07) is 0. The molecule has 1 unspecified atom stereocenters. The summed E-state index contributed by atoms with van der Waals surface area (Å²) in [4.78, 5) is 38.6. The summed E-state index contributed by atoms with van der Waals surface area (Å²) in [5.41, 5.74) is 4.99. The molecule has 0 bridgehead atoms. The van der Waals surface area contributed by atoms with Crippen LogP contribution >= 0.6 is 0 Å². The molecular weight excluding hydrogens is 594 g/mol. The van der Waals surface area contributed by atoms with Gasteiger partial charge >= 0.3 is 5.97 Å². The number of esters is 1. The Bertz CT molecular complexity index is 779. The molecule has 0 spiro atoms. The number of nitrogens with two attached hydrogens (primary N) is 1. The van der Waals surface area contributed by atoms with Gasteiger partial charge in [0.2, 0.25) is 0 Å². The summed E-state index contributed by atoms with van der Waals surface area (Å²) in [5, 5.41) is 0. The number of methoxy groups -OCH3 is 1. The first-order chi connectivity index (χ1) is 23.3. The number of hydrogen-bond donors (Lipinski definition) is 1. The van der Waals surface area contributed by atoms with E-state index in [-0.39, 0.29) is 18.0 Å². The van der Waals surface area contributed by atoms with Gasteiger partial charge in [0, 0.05) is 12.8 Å². The molecule has 0 amide bonds. The number of allylic oxidation sites excluding steroid dienone is 4. The summed E-state index contributed by atoms with van der Waals surface area (Å²) in [6.07, 6.45) is 42.3. The van der Waals surface area contributed by atoms with Crippen molar-refractivity contribution in [3.63, 3.8) is 0 Å². The van der Waals surface area contributed by atoms with Crippen LogP contribution in [0.1, 0.15) is 213 Å². The number of carbonyl (C=O) groups excluding carboxylic acids is 3. The van der Waals surface area contributed by atoms with Crippen LogP contribution in [0.5, 0.6) is 0 Å². The van der Waals surface area contributed by atoms with Gasteiger partial charge in [-0.15, -0.1) is 0 Å². The van der Waals surface area contributed by atoms with Crippen LogP contribution in [0.2, 0.25) is 0 Å². The molecule has 0 rings (SSSR count). The Hall–Kier alpha value is -1.75. The Morgan fingerprint density at radius 3 is 1.19 bits per heavy atom. The van der Waals surface area contributed by atoms with Gasteiger partial charge in [0.25, 0.3) is 0 Å². The summed E-state index contributed by atoms with van der Waals surface area (Å²) in [7, 11) is 1.32. The number of unbranched alkanes of at least 4 members (excludes halogenated alkanes) is 22. The van der Waals surface area contributed by atoms with Crippen molar-refractivity contribution in [2.45, 2.75) is 219 Å². The van der Waals surface area contributed by atoms with Crippen LogP contribution in [0.3, 0.4) is 0 Å². The van der Waals surface area contributed by atoms with E-state index in [4.69, 9.17) is 10.5 Å². The fourth-order valence-electron chi connectivity index (χ4n) is 6.37. The summed E-state index contributed by atoms with van der Waals surface area (Å²) in [6.45, 7) is 6.14. The van der Waals surface area contributed by atoms with Gasteiger partial charge in [-0.2, -0.15) is 0 Å². The van der Waals surface area contributed by atoms with Crippen molar-refractivity contribution in [2.75, 3.05) is 7.11 Å². The average molecular weight is 674 g/mol. The molecule has 0 heterocycles. The number of carbonyl (C=O) groups is 3. The predicted molar refractivity (Wildman–Crippen MR) is 206 cm³/mol. The van der Waals surface area contributed by atoms with E-state index in [9.17, 15) is 14.4 Å². The Morgan fingerprint density at radius 2 is 0.854 bits per heavy atom. The third-order valence-corrected chi connectivity index (χ3v) is 9.75. The molecule has 1 atom stereocenters. The lowest BCUT2D eigenvalue weighted by Gasteiger charge is -2.24. The quantitative estimate of drug-likeness (QED) is 0.0309. The molecule has 0 aromatic carbocycles. The van der Waals surface area contributed by atoms with E-state index in [1.807, 2.05) is 0 Å². The summed E-state index contributed by atoms with van der Waals surface area (Å²) < 4.78 is 4.85. The van der Waals surface area contributed by atoms with Crippen LogP contribution in [0.25, 0.3) is 0 Å². The van der Waals surface area contributed by atoms with E-state index in [1.54, 1.807) is 6.92 Å². The highest BCUT2D eigenvalue weighted by molar-refractivity contribution is 6.02. The third-order valence-electron chi connectivity index (χ3n) is 9.75. The lowest BCUT2D eigenvalue weighted by Crippen LogP contribution is -2.46. The largest absolute Gasteiger partial charge is 0.468 e. The maximum Gasteiger partial charge on any atom is 0.325 e. The number of ketones is 2. The fraction of sp³-hybridized carbons (Fsp3) is 0.837. The summed E-state index contributed by atoms with van der Waals surface area (Å²) in [5.74, 6) is -1.13. The Balaban J connectivity index is 4.31. The van der Waals surface area contributed by atoms with Crippen LogP contribution in [0, 0.1) is 5.92 Å². The van der Waals surface area contributed by atoms with Crippen molar-refractivity contribution < 1.29 is 19.1 Å². The first-order valence-electron chi connectivity index (χ1n) is 20.5. The average Bonchev–Trinajstić information content (AvgIpc) is 3.07. The minimum Gasteiger partial charge on any atom is -0.468 e. The van der Waals surface area contributed by atoms with Crippen LogP contribution in [0.4, 0.5) is 0 Å². The molecular formula is C43H79NO4. The first kappa shape index (κ1) is 46.2. The van der Waals surface area contributed by atoms with Crippen molar-refractivity contribution in [2.24, 2.45) is 11.7 Å². The third kappa shape index (κ3) is 28.1. The second-order valence-electron chi connectivity index (χ2n) is 14.6. The van der Waals surface area contributed by atoms with Gasteiger partial charge in [0.05, 0.1) is 13.0 Å². The SMILES string of the molecule is CCCCCCCC/C=C\CCCCCCCC(=O)C(CCC(C)(N)C(=O)OC)C(=O)CCCCCCC/C=C\CCCCCCCC. The monoisotopic (exact) mass is 674 g/mol. The van der Waals surface area contributed by atoms with Crippen LogP contribution in [-0.2, 0) is 19.1 Å². The topological polar surface area (TPSA) is 86.5 Å². The van der Waals surface area contributed by atoms with Crippen LogP contribution in [0.15, 0.2) is 24.3 Å². The molecule has 5 heteroatoms. The zero-order valence-corrected chi connectivity index (χ0v) is 32.3.